The van der Waals surface area contributed by atoms with Gasteiger partial charge in [0.15, 0.2) is 0 Å². The molecule has 1 aromatic heterocycles. The predicted molar refractivity (Wildman–Crippen MR) is 86.4 cm³/mol. The molecule has 2 aliphatic rings. The monoisotopic (exact) mass is 346 g/mol. The molecule has 3 heterocycles. The lowest BCUT2D eigenvalue weighted by atomic mass is 9.86. The summed E-state index contributed by atoms with van der Waals surface area (Å²) in [5.41, 5.74) is 0.648. The highest BCUT2D eigenvalue weighted by Crippen LogP contribution is 2.45. The zero-order chi connectivity index (χ0) is 16.7. The Bertz CT molecular complexity index is 796. The molecule has 5 nitrogen and oxygen atoms in total. The van der Waals surface area contributed by atoms with Crippen LogP contribution in [0.5, 0.6) is 0 Å². The van der Waals surface area contributed by atoms with Gasteiger partial charge in [-0.1, -0.05) is 0 Å². The van der Waals surface area contributed by atoms with Gasteiger partial charge in [-0.2, -0.15) is 11.8 Å². The lowest BCUT2D eigenvalue weighted by molar-refractivity contribution is -0.141. The van der Waals surface area contributed by atoms with Gasteiger partial charge in [0.25, 0.3) is 0 Å². The minimum absolute atomic E-state index is 0.0937. The van der Waals surface area contributed by atoms with Crippen molar-refractivity contribution in [3.63, 3.8) is 0 Å². The number of oxazole rings is 1. The maximum absolute atomic E-state index is 13.0. The highest BCUT2D eigenvalue weighted by atomic mass is 32.2. The van der Waals surface area contributed by atoms with E-state index in [9.17, 15) is 14.0 Å². The fourth-order valence-corrected chi connectivity index (χ4v) is 4.64. The first kappa shape index (κ1) is 15.4. The summed E-state index contributed by atoms with van der Waals surface area (Å²) in [4.78, 5) is 30.5. The van der Waals surface area contributed by atoms with Gasteiger partial charge in [-0.3, -0.25) is 14.5 Å². The second-order valence-corrected chi connectivity index (χ2v) is 7.30. The van der Waals surface area contributed by atoms with Crippen LogP contribution in [-0.4, -0.2) is 33.2 Å². The van der Waals surface area contributed by atoms with E-state index in [-0.39, 0.29) is 24.2 Å². The van der Waals surface area contributed by atoms with Crippen molar-refractivity contribution < 1.29 is 18.4 Å². The van der Waals surface area contributed by atoms with Crippen LogP contribution in [0.3, 0.4) is 0 Å². The van der Waals surface area contributed by atoms with Gasteiger partial charge in [0, 0.05) is 17.7 Å². The van der Waals surface area contributed by atoms with Crippen LogP contribution in [0.4, 0.5) is 4.39 Å². The van der Waals surface area contributed by atoms with Gasteiger partial charge >= 0.3 is 0 Å². The first-order valence-corrected chi connectivity index (χ1v) is 8.86. The van der Waals surface area contributed by atoms with Crippen LogP contribution in [0.25, 0.3) is 11.5 Å². The first-order valence-electron chi connectivity index (χ1n) is 7.70. The molecule has 1 atom stereocenters. The number of hydrogen-bond donors (Lipinski definition) is 0. The number of benzene rings is 1. The largest absolute Gasteiger partial charge is 0.444 e. The summed E-state index contributed by atoms with van der Waals surface area (Å²) in [6.45, 7) is 0.120. The van der Waals surface area contributed by atoms with Crippen LogP contribution < -0.4 is 0 Å². The number of halogens is 1. The Labute approximate surface area is 142 Å². The van der Waals surface area contributed by atoms with Gasteiger partial charge in [-0.15, -0.1) is 0 Å². The molecule has 1 aromatic carbocycles. The topological polar surface area (TPSA) is 63.4 Å². The SMILES string of the molecule is O=C1C[C@]2(CCSC2)C(=O)N1Cc1coc(-c2ccc(F)cc2)n1. The normalized spacial score (nSPS) is 23.6. The molecule has 4 rings (SSSR count). The Morgan fingerprint density at radius 1 is 1.29 bits per heavy atom. The van der Waals surface area contributed by atoms with Crippen molar-refractivity contribution in [3.8, 4) is 11.5 Å². The lowest BCUT2D eigenvalue weighted by Gasteiger charge is -2.19. The number of carbonyl (C=O) groups excluding carboxylic acids is 2. The van der Waals surface area contributed by atoms with Crippen molar-refractivity contribution in [2.45, 2.75) is 19.4 Å². The van der Waals surface area contributed by atoms with Crippen LogP contribution in [0.2, 0.25) is 0 Å². The second-order valence-electron chi connectivity index (χ2n) is 6.20. The summed E-state index contributed by atoms with van der Waals surface area (Å²) in [5, 5.41) is 0. The molecule has 0 bridgehead atoms. The summed E-state index contributed by atoms with van der Waals surface area (Å²) < 4.78 is 18.4. The molecule has 124 valence electrons. The Hall–Kier alpha value is -2.15. The van der Waals surface area contributed by atoms with E-state index in [1.165, 1.54) is 23.3 Å². The van der Waals surface area contributed by atoms with Crippen molar-refractivity contribution in [1.82, 2.24) is 9.88 Å². The number of hydrogen-bond acceptors (Lipinski definition) is 5. The maximum atomic E-state index is 13.0. The third-order valence-corrected chi connectivity index (χ3v) is 5.81. The number of rotatable bonds is 3. The molecule has 0 radical (unpaired) electrons. The third-order valence-electron chi connectivity index (χ3n) is 4.56. The zero-order valence-electron chi connectivity index (χ0n) is 12.8. The minimum atomic E-state index is -0.509. The average Bonchev–Trinajstić information content (AvgIpc) is 3.27. The van der Waals surface area contributed by atoms with E-state index >= 15 is 0 Å². The summed E-state index contributed by atoms with van der Waals surface area (Å²) in [6, 6.07) is 5.80. The van der Waals surface area contributed by atoms with Gasteiger partial charge in [0.05, 0.1) is 17.7 Å². The minimum Gasteiger partial charge on any atom is -0.444 e. The van der Waals surface area contributed by atoms with Crippen LogP contribution >= 0.6 is 11.8 Å². The third kappa shape index (κ3) is 2.53. The predicted octanol–water partition coefficient (Wildman–Crippen LogP) is 2.86. The van der Waals surface area contributed by atoms with Crippen molar-refractivity contribution in [2.24, 2.45) is 5.41 Å². The summed E-state index contributed by atoms with van der Waals surface area (Å²) in [7, 11) is 0. The van der Waals surface area contributed by atoms with E-state index < -0.39 is 5.41 Å². The molecule has 2 aliphatic heterocycles. The summed E-state index contributed by atoms with van der Waals surface area (Å²) in [5.74, 6) is 1.41. The van der Waals surface area contributed by atoms with Crippen LogP contribution in [0, 0.1) is 11.2 Å². The Kier molecular flexibility index (Phi) is 3.68. The van der Waals surface area contributed by atoms with Crippen molar-refractivity contribution in [3.05, 3.63) is 42.0 Å². The smallest absolute Gasteiger partial charge is 0.237 e. The number of nitrogens with zero attached hydrogens (tertiary/aromatic N) is 2. The molecule has 2 amide bonds. The molecule has 2 saturated heterocycles. The number of carbonyl (C=O) groups is 2. The van der Waals surface area contributed by atoms with Gasteiger partial charge in [0.2, 0.25) is 17.7 Å². The molecule has 7 heteroatoms. The van der Waals surface area contributed by atoms with E-state index in [0.29, 0.717) is 29.3 Å². The van der Waals surface area contributed by atoms with Gasteiger partial charge < -0.3 is 4.42 Å². The van der Waals surface area contributed by atoms with Crippen molar-refractivity contribution in [2.75, 3.05) is 11.5 Å². The van der Waals surface area contributed by atoms with Gasteiger partial charge in [-0.25, -0.2) is 9.37 Å². The maximum Gasteiger partial charge on any atom is 0.237 e. The standard InChI is InChI=1S/C17H15FN2O3S/c18-12-3-1-11(2-4-12)15-19-13(9-23-15)8-20-14(21)7-17(16(20)22)5-6-24-10-17/h1-4,9H,5-8,10H2/t17-/m0/s1. The number of likely N-dealkylation sites (tertiary alicyclic amines) is 1. The molecule has 0 unspecified atom stereocenters. The van der Waals surface area contributed by atoms with Crippen molar-refractivity contribution in [1.29, 1.82) is 0 Å². The number of amides is 2. The summed E-state index contributed by atoms with van der Waals surface area (Å²) in [6.07, 6.45) is 2.49. The van der Waals surface area contributed by atoms with E-state index in [4.69, 9.17) is 4.42 Å². The Morgan fingerprint density at radius 3 is 2.79 bits per heavy atom. The highest BCUT2D eigenvalue weighted by molar-refractivity contribution is 7.99. The average molecular weight is 346 g/mol. The van der Waals surface area contributed by atoms with Crippen LogP contribution in [0.15, 0.2) is 34.9 Å². The Balaban J connectivity index is 1.53. The second kappa shape index (κ2) is 5.73. The molecule has 0 aliphatic carbocycles. The number of thioether (sulfide) groups is 1. The molecular formula is C17H15FN2O3S. The number of imide groups is 1. The van der Waals surface area contributed by atoms with E-state index in [0.717, 1.165) is 12.2 Å². The van der Waals surface area contributed by atoms with E-state index in [1.807, 2.05) is 0 Å². The van der Waals surface area contributed by atoms with Crippen LogP contribution in [0.1, 0.15) is 18.5 Å². The zero-order valence-corrected chi connectivity index (χ0v) is 13.6. The van der Waals surface area contributed by atoms with E-state index in [1.54, 1.807) is 23.9 Å². The molecule has 0 saturated carbocycles. The van der Waals surface area contributed by atoms with E-state index in [2.05, 4.69) is 4.98 Å². The Morgan fingerprint density at radius 2 is 2.08 bits per heavy atom. The van der Waals surface area contributed by atoms with Gasteiger partial charge in [0.1, 0.15) is 12.1 Å². The molecule has 24 heavy (non-hydrogen) atoms. The molecule has 0 N–H and O–H groups in total. The highest BCUT2D eigenvalue weighted by Gasteiger charge is 2.53. The van der Waals surface area contributed by atoms with Crippen LogP contribution in [-0.2, 0) is 16.1 Å². The molecule has 2 fully saturated rings. The summed E-state index contributed by atoms with van der Waals surface area (Å²) >= 11 is 1.72. The fourth-order valence-electron chi connectivity index (χ4n) is 3.20. The fraction of sp³-hybridized carbons (Fsp3) is 0.353. The molecular weight excluding hydrogens is 331 g/mol. The van der Waals surface area contributed by atoms with Gasteiger partial charge in [-0.05, 0) is 36.4 Å². The quantitative estimate of drug-likeness (QED) is 0.800. The molecule has 1 spiro atoms. The molecule has 2 aromatic rings. The van der Waals surface area contributed by atoms with Crippen molar-refractivity contribution >= 4 is 23.6 Å². The lowest BCUT2D eigenvalue weighted by Crippen LogP contribution is -2.35. The first-order chi connectivity index (χ1) is 11.6. The number of aromatic nitrogens is 1.